The summed E-state index contributed by atoms with van der Waals surface area (Å²) in [5.74, 6) is 5.34. The molecule has 2 heteroatoms. The van der Waals surface area contributed by atoms with Crippen LogP contribution in [0.5, 0.6) is 0 Å². The van der Waals surface area contributed by atoms with E-state index in [1.54, 1.807) is 5.57 Å². The summed E-state index contributed by atoms with van der Waals surface area (Å²) in [5.41, 5.74) is 2.54. The van der Waals surface area contributed by atoms with E-state index in [-0.39, 0.29) is 12.1 Å². The van der Waals surface area contributed by atoms with E-state index in [2.05, 4.69) is 47.6 Å². The smallest absolute Gasteiger partial charge is 0.306 e. The van der Waals surface area contributed by atoms with Crippen LogP contribution in [0.25, 0.3) is 0 Å². The molecule has 0 aromatic carbocycles. The highest BCUT2D eigenvalue weighted by molar-refractivity contribution is 5.69. The van der Waals surface area contributed by atoms with Gasteiger partial charge < -0.3 is 4.74 Å². The molecule has 4 aliphatic carbocycles. The average Bonchev–Trinajstić information content (AvgIpc) is 3.37. The standard InChI is InChI=1S/C43H76O2/c1-7-8-9-10-11-12-13-14-15-16-17-18-19-23-41(44)45-36-28-30-42(5)35(32-36)24-25-37-39-27-26-38(34(4)22-20-21-33(2)3)43(39,6)31-29-40(37)42/h24,33-34,36-40H,7-23,25-32H2,1-6H3. The Morgan fingerprint density at radius 3 is 2.07 bits per heavy atom. The molecule has 0 saturated heterocycles. The molecule has 0 bridgehead atoms. The third-order valence-corrected chi connectivity index (χ3v) is 14.0. The van der Waals surface area contributed by atoms with Gasteiger partial charge in [-0.25, -0.2) is 0 Å². The molecule has 3 fully saturated rings. The van der Waals surface area contributed by atoms with Crippen LogP contribution in [-0.4, -0.2) is 12.1 Å². The van der Waals surface area contributed by atoms with Crippen molar-refractivity contribution in [2.45, 2.75) is 208 Å². The summed E-state index contributed by atoms with van der Waals surface area (Å²) >= 11 is 0. The maximum Gasteiger partial charge on any atom is 0.306 e. The molecule has 0 aromatic rings. The van der Waals surface area contributed by atoms with Crippen molar-refractivity contribution in [3.8, 4) is 0 Å². The Hall–Kier alpha value is -0.790. The lowest BCUT2D eigenvalue weighted by molar-refractivity contribution is -0.151. The Morgan fingerprint density at radius 1 is 0.778 bits per heavy atom. The fourth-order valence-electron chi connectivity index (χ4n) is 11.3. The molecule has 0 N–H and O–H groups in total. The van der Waals surface area contributed by atoms with E-state index >= 15 is 0 Å². The van der Waals surface area contributed by atoms with Crippen molar-refractivity contribution in [3.63, 3.8) is 0 Å². The molecule has 0 heterocycles. The van der Waals surface area contributed by atoms with Gasteiger partial charge in [0.05, 0.1) is 0 Å². The van der Waals surface area contributed by atoms with Gasteiger partial charge in [0.1, 0.15) is 6.10 Å². The molecule has 0 aliphatic heterocycles. The second-order valence-corrected chi connectivity index (χ2v) is 17.6. The van der Waals surface area contributed by atoms with Crippen LogP contribution >= 0.6 is 0 Å². The lowest BCUT2D eigenvalue weighted by atomic mass is 9.47. The number of unbranched alkanes of at least 4 members (excludes halogenated alkanes) is 12. The second-order valence-electron chi connectivity index (χ2n) is 17.6. The third kappa shape index (κ3) is 9.87. The molecule has 3 saturated carbocycles. The number of carbonyl (C=O) groups is 1. The first-order valence-corrected chi connectivity index (χ1v) is 20.6. The molecule has 4 rings (SSSR count). The lowest BCUT2D eigenvalue weighted by Gasteiger charge is -2.58. The van der Waals surface area contributed by atoms with E-state index < -0.39 is 0 Å². The highest BCUT2D eigenvalue weighted by atomic mass is 16.5. The van der Waals surface area contributed by atoms with Gasteiger partial charge in [-0.1, -0.05) is 150 Å². The zero-order chi connectivity index (χ0) is 32.3. The number of esters is 1. The maximum atomic E-state index is 12.8. The van der Waals surface area contributed by atoms with Gasteiger partial charge in [0.15, 0.2) is 0 Å². The summed E-state index contributed by atoms with van der Waals surface area (Å²) in [4.78, 5) is 12.8. The topological polar surface area (TPSA) is 26.3 Å². The Balaban J connectivity index is 1.14. The van der Waals surface area contributed by atoms with Crippen molar-refractivity contribution in [1.29, 1.82) is 0 Å². The molecular weight excluding hydrogens is 548 g/mol. The van der Waals surface area contributed by atoms with E-state index in [1.165, 1.54) is 135 Å². The summed E-state index contributed by atoms with van der Waals surface area (Å²) in [6.45, 7) is 14.9. The first kappa shape index (κ1) is 37.0. The van der Waals surface area contributed by atoms with Gasteiger partial charge in [0.2, 0.25) is 0 Å². The molecule has 260 valence electrons. The van der Waals surface area contributed by atoms with E-state index in [1.807, 2.05) is 0 Å². The van der Waals surface area contributed by atoms with E-state index in [4.69, 9.17) is 4.74 Å². The highest BCUT2D eigenvalue weighted by Gasteiger charge is 2.59. The number of fused-ring (bicyclic) bond motifs is 5. The molecule has 8 unspecified atom stereocenters. The molecule has 0 aromatic heterocycles. The number of carbonyl (C=O) groups excluding carboxylic acids is 1. The normalized spacial score (nSPS) is 33.3. The summed E-state index contributed by atoms with van der Waals surface area (Å²) in [5, 5.41) is 0. The van der Waals surface area contributed by atoms with Gasteiger partial charge in [-0.15, -0.1) is 0 Å². The first-order chi connectivity index (χ1) is 21.7. The van der Waals surface area contributed by atoms with Crippen LogP contribution in [0, 0.1) is 46.3 Å². The van der Waals surface area contributed by atoms with Gasteiger partial charge >= 0.3 is 5.97 Å². The molecule has 8 atom stereocenters. The van der Waals surface area contributed by atoms with Crippen LogP contribution in [0.2, 0.25) is 0 Å². The van der Waals surface area contributed by atoms with Crippen LogP contribution in [0.3, 0.4) is 0 Å². The second kappa shape index (κ2) is 18.1. The van der Waals surface area contributed by atoms with Crippen molar-refractivity contribution in [1.82, 2.24) is 0 Å². The zero-order valence-corrected chi connectivity index (χ0v) is 31.1. The van der Waals surface area contributed by atoms with Crippen LogP contribution in [-0.2, 0) is 9.53 Å². The molecule has 45 heavy (non-hydrogen) atoms. The number of ether oxygens (including phenoxy) is 1. The van der Waals surface area contributed by atoms with Gasteiger partial charge in [-0.05, 0) is 97.7 Å². The van der Waals surface area contributed by atoms with Crippen molar-refractivity contribution in [3.05, 3.63) is 11.6 Å². The lowest BCUT2D eigenvalue weighted by Crippen LogP contribution is -2.51. The monoisotopic (exact) mass is 625 g/mol. The summed E-state index contributed by atoms with van der Waals surface area (Å²) in [6.07, 6.45) is 35.4. The number of allylic oxidation sites excluding steroid dienone is 1. The van der Waals surface area contributed by atoms with Gasteiger partial charge in [-0.2, -0.15) is 0 Å². The molecule has 2 nitrogen and oxygen atoms in total. The molecule has 0 radical (unpaired) electrons. The largest absolute Gasteiger partial charge is 0.462 e. The van der Waals surface area contributed by atoms with E-state index in [0.29, 0.717) is 17.3 Å². The van der Waals surface area contributed by atoms with Gasteiger partial charge in [0, 0.05) is 12.8 Å². The van der Waals surface area contributed by atoms with Crippen LogP contribution in [0.4, 0.5) is 0 Å². The van der Waals surface area contributed by atoms with Crippen molar-refractivity contribution in [2.24, 2.45) is 46.3 Å². The fraction of sp³-hybridized carbons (Fsp3) is 0.930. The number of hydrogen-bond donors (Lipinski definition) is 0. The van der Waals surface area contributed by atoms with Crippen LogP contribution in [0.15, 0.2) is 11.6 Å². The first-order valence-electron chi connectivity index (χ1n) is 20.6. The number of rotatable bonds is 20. The predicted molar refractivity (Wildman–Crippen MR) is 193 cm³/mol. The molecular formula is C43H76O2. The highest BCUT2D eigenvalue weighted by Crippen LogP contribution is 2.67. The van der Waals surface area contributed by atoms with Crippen molar-refractivity contribution >= 4 is 5.97 Å². The SMILES string of the molecule is CCCCCCCCCCCCCCCC(=O)OC1CCC2(C)C(=CCC3C2CCC2(C)C(C(C)CCCC(C)C)CCC32)C1. The third-order valence-electron chi connectivity index (χ3n) is 14.0. The quantitative estimate of drug-likeness (QED) is 0.0765. The summed E-state index contributed by atoms with van der Waals surface area (Å²) in [6, 6.07) is 0. The van der Waals surface area contributed by atoms with E-state index in [9.17, 15) is 4.79 Å². The minimum absolute atomic E-state index is 0.0638. The minimum atomic E-state index is 0.0638. The predicted octanol–water partition coefficient (Wildman–Crippen LogP) is 13.4. The molecule has 0 amide bonds. The maximum absolute atomic E-state index is 12.8. The van der Waals surface area contributed by atoms with Gasteiger partial charge in [0.25, 0.3) is 0 Å². The minimum Gasteiger partial charge on any atom is -0.462 e. The molecule has 0 spiro atoms. The van der Waals surface area contributed by atoms with E-state index in [0.717, 1.165) is 54.8 Å². The Kier molecular flexibility index (Phi) is 14.9. The van der Waals surface area contributed by atoms with Crippen LogP contribution in [0.1, 0.15) is 202 Å². The molecule has 4 aliphatic rings. The average molecular weight is 625 g/mol. The zero-order valence-electron chi connectivity index (χ0n) is 31.1. The summed E-state index contributed by atoms with van der Waals surface area (Å²) in [7, 11) is 0. The Bertz CT molecular complexity index is 904. The van der Waals surface area contributed by atoms with Crippen LogP contribution < -0.4 is 0 Å². The Labute approximate surface area is 281 Å². The fourth-order valence-corrected chi connectivity index (χ4v) is 11.3. The summed E-state index contributed by atoms with van der Waals surface area (Å²) < 4.78 is 6.12. The van der Waals surface area contributed by atoms with Crippen molar-refractivity contribution in [2.75, 3.05) is 0 Å². The van der Waals surface area contributed by atoms with Gasteiger partial charge in [-0.3, -0.25) is 4.79 Å². The Morgan fingerprint density at radius 2 is 1.42 bits per heavy atom. The van der Waals surface area contributed by atoms with Crippen molar-refractivity contribution < 1.29 is 9.53 Å². The number of hydrogen-bond acceptors (Lipinski definition) is 2.